The van der Waals surface area contributed by atoms with E-state index in [0.29, 0.717) is 0 Å². The monoisotopic (exact) mass is 239 g/mol. The fourth-order valence-corrected chi connectivity index (χ4v) is 2.10. The molecule has 17 heavy (non-hydrogen) atoms. The van der Waals surface area contributed by atoms with E-state index in [1.54, 1.807) is 6.07 Å². The largest absolute Gasteiger partial charge is 0.325 e. The third-order valence-corrected chi connectivity index (χ3v) is 3.40. The average Bonchev–Trinajstić information content (AvgIpc) is 2.94. The van der Waals surface area contributed by atoms with Gasteiger partial charge in [0.1, 0.15) is 0 Å². The molecule has 1 aromatic carbocycles. The zero-order valence-electron chi connectivity index (χ0n) is 10.2. The summed E-state index contributed by atoms with van der Waals surface area (Å²) in [6.45, 7) is 0.967. The van der Waals surface area contributed by atoms with E-state index in [1.165, 1.54) is 0 Å². The van der Waals surface area contributed by atoms with Crippen molar-refractivity contribution < 1.29 is 8.78 Å². The van der Waals surface area contributed by atoms with Crippen molar-refractivity contribution in [3.63, 3.8) is 0 Å². The zero-order valence-corrected chi connectivity index (χ0v) is 10.2. The van der Waals surface area contributed by atoms with Gasteiger partial charge in [-0.3, -0.25) is 0 Å². The van der Waals surface area contributed by atoms with Gasteiger partial charge in [0, 0.05) is 12.0 Å². The van der Waals surface area contributed by atoms with Crippen LogP contribution in [0.5, 0.6) is 0 Å². The van der Waals surface area contributed by atoms with Gasteiger partial charge in [0.05, 0.1) is 0 Å². The number of aryl methyl sites for hydroxylation is 1. The number of hydrogen-bond acceptors (Lipinski definition) is 1. The minimum absolute atomic E-state index is 0.0121. The van der Waals surface area contributed by atoms with Gasteiger partial charge in [-0.15, -0.1) is 0 Å². The predicted octanol–water partition coefficient (Wildman–Crippen LogP) is 3.31. The molecule has 3 heteroatoms. The fraction of sp³-hybridized carbons (Fsp3) is 0.571. The SMILES string of the molecule is CC(F)(F)Cc1ccccc1CCC1(N)CC1. The molecule has 0 spiro atoms. The van der Waals surface area contributed by atoms with Crippen molar-refractivity contribution in [3.05, 3.63) is 35.4 Å². The molecule has 0 aromatic heterocycles. The second-order valence-corrected chi connectivity index (χ2v) is 5.38. The van der Waals surface area contributed by atoms with Gasteiger partial charge in [-0.05, 0) is 43.7 Å². The van der Waals surface area contributed by atoms with Gasteiger partial charge in [-0.25, -0.2) is 8.78 Å². The molecule has 1 aliphatic carbocycles. The minimum atomic E-state index is -2.64. The Morgan fingerprint density at radius 1 is 1.24 bits per heavy atom. The number of halogens is 2. The molecule has 1 aliphatic rings. The molecule has 94 valence electrons. The molecule has 0 atom stereocenters. The number of rotatable bonds is 5. The lowest BCUT2D eigenvalue weighted by Crippen LogP contribution is -2.22. The Balaban J connectivity index is 2.04. The van der Waals surface area contributed by atoms with Crippen LogP contribution in [0.25, 0.3) is 0 Å². The normalized spacial score (nSPS) is 18.1. The van der Waals surface area contributed by atoms with Crippen LogP contribution in [0.2, 0.25) is 0 Å². The Labute approximate surface area is 101 Å². The van der Waals surface area contributed by atoms with Crippen LogP contribution < -0.4 is 5.73 Å². The zero-order chi connectivity index (χ0) is 12.5. The molecule has 0 aliphatic heterocycles. The lowest BCUT2D eigenvalue weighted by molar-refractivity contribution is 0.0224. The van der Waals surface area contributed by atoms with Crippen molar-refractivity contribution >= 4 is 0 Å². The highest BCUT2D eigenvalue weighted by Gasteiger charge is 2.37. The van der Waals surface area contributed by atoms with E-state index >= 15 is 0 Å². The van der Waals surface area contributed by atoms with Crippen LogP contribution in [0.4, 0.5) is 8.78 Å². The topological polar surface area (TPSA) is 26.0 Å². The molecular weight excluding hydrogens is 220 g/mol. The van der Waals surface area contributed by atoms with Crippen LogP contribution in [-0.4, -0.2) is 11.5 Å². The first-order valence-electron chi connectivity index (χ1n) is 6.12. The summed E-state index contributed by atoms with van der Waals surface area (Å²) in [7, 11) is 0. The van der Waals surface area contributed by atoms with Crippen LogP contribution in [0.3, 0.4) is 0 Å². The fourth-order valence-electron chi connectivity index (χ4n) is 2.10. The highest BCUT2D eigenvalue weighted by molar-refractivity contribution is 5.28. The standard InChI is InChI=1S/C14H19F2N/c1-13(15,16)10-12-5-3-2-4-11(12)6-7-14(17)8-9-14/h2-5H,6-10,17H2,1H3. The lowest BCUT2D eigenvalue weighted by atomic mass is 9.96. The van der Waals surface area contributed by atoms with E-state index in [0.717, 1.165) is 43.7 Å². The Morgan fingerprint density at radius 2 is 1.82 bits per heavy atom. The minimum Gasteiger partial charge on any atom is -0.325 e. The molecule has 1 aromatic rings. The van der Waals surface area contributed by atoms with Crippen molar-refractivity contribution in [2.45, 2.75) is 50.5 Å². The first-order valence-corrected chi connectivity index (χ1v) is 6.12. The van der Waals surface area contributed by atoms with E-state index < -0.39 is 5.92 Å². The maximum atomic E-state index is 13.0. The maximum Gasteiger partial charge on any atom is 0.249 e. The smallest absolute Gasteiger partial charge is 0.249 e. The van der Waals surface area contributed by atoms with E-state index in [9.17, 15) is 8.78 Å². The number of benzene rings is 1. The molecule has 0 radical (unpaired) electrons. The summed E-state index contributed by atoms with van der Waals surface area (Å²) in [5.41, 5.74) is 7.78. The Kier molecular flexibility index (Phi) is 3.21. The summed E-state index contributed by atoms with van der Waals surface area (Å²) >= 11 is 0. The first-order chi connectivity index (χ1) is 7.88. The lowest BCUT2D eigenvalue weighted by Gasteiger charge is -2.15. The van der Waals surface area contributed by atoms with E-state index in [4.69, 9.17) is 5.73 Å². The van der Waals surface area contributed by atoms with Crippen molar-refractivity contribution in [3.8, 4) is 0 Å². The number of hydrogen-bond donors (Lipinski definition) is 1. The summed E-state index contributed by atoms with van der Waals surface area (Å²) in [6.07, 6.45) is 3.67. The number of alkyl halides is 2. The predicted molar refractivity (Wildman–Crippen MR) is 65.2 cm³/mol. The molecule has 0 bridgehead atoms. The Bertz CT molecular complexity index is 391. The van der Waals surface area contributed by atoms with Crippen molar-refractivity contribution in [2.24, 2.45) is 5.73 Å². The maximum absolute atomic E-state index is 13.0. The first kappa shape index (κ1) is 12.5. The molecule has 1 fully saturated rings. The van der Waals surface area contributed by atoms with Gasteiger partial charge in [-0.2, -0.15) is 0 Å². The van der Waals surface area contributed by atoms with Gasteiger partial charge in [-0.1, -0.05) is 24.3 Å². The van der Waals surface area contributed by atoms with Crippen LogP contribution in [-0.2, 0) is 12.8 Å². The second-order valence-electron chi connectivity index (χ2n) is 5.38. The summed E-state index contributed by atoms with van der Waals surface area (Å²) in [4.78, 5) is 0. The van der Waals surface area contributed by atoms with E-state index in [2.05, 4.69) is 0 Å². The van der Waals surface area contributed by atoms with E-state index in [1.807, 2.05) is 18.2 Å². The van der Waals surface area contributed by atoms with Crippen LogP contribution >= 0.6 is 0 Å². The van der Waals surface area contributed by atoms with Gasteiger partial charge in [0.25, 0.3) is 0 Å². The molecule has 0 unspecified atom stereocenters. The van der Waals surface area contributed by atoms with Crippen molar-refractivity contribution in [1.29, 1.82) is 0 Å². The molecule has 0 amide bonds. The summed E-state index contributed by atoms with van der Waals surface area (Å²) < 4.78 is 26.1. The third-order valence-electron chi connectivity index (χ3n) is 3.40. The summed E-state index contributed by atoms with van der Waals surface area (Å²) in [5, 5.41) is 0. The van der Waals surface area contributed by atoms with Crippen LogP contribution in [0.15, 0.2) is 24.3 Å². The molecular formula is C14H19F2N. The molecule has 0 heterocycles. The average molecular weight is 239 g/mol. The molecule has 2 rings (SSSR count). The quantitative estimate of drug-likeness (QED) is 0.838. The Hall–Kier alpha value is -0.960. The molecule has 1 saturated carbocycles. The van der Waals surface area contributed by atoms with Crippen molar-refractivity contribution in [2.75, 3.05) is 0 Å². The highest BCUT2D eigenvalue weighted by Crippen LogP contribution is 2.37. The molecule has 2 N–H and O–H groups in total. The van der Waals surface area contributed by atoms with Gasteiger partial charge < -0.3 is 5.73 Å². The third kappa shape index (κ3) is 3.77. The van der Waals surface area contributed by atoms with Crippen LogP contribution in [0, 0.1) is 0 Å². The van der Waals surface area contributed by atoms with Crippen molar-refractivity contribution in [1.82, 2.24) is 0 Å². The van der Waals surface area contributed by atoms with Gasteiger partial charge >= 0.3 is 0 Å². The second kappa shape index (κ2) is 4.37. The van der Waals surface area contributed by atoms with E-state index in [-0.39, 0.29) is 12.0 Å². The van der Waals surface area contributed by atoms with Gasteiger partial charge in [0.2, 0.25) is 5.92 Å². The van der Waals surface area contributed by atoms with Gasteiger partial charge in [0.15, 0.2) is 0 Å². The Morgan fingerprint density at radius 3 is 2.35 bits per heavy atom. The molecule has 1 nitrogen and oxygen atoms in total. The number of nitrogens with two attached hydrogens (primary N) is 1. The van der Waals surface area contributed by atoms with Crippen LogP contribution in [0.1, 0.15) is 37.3 Å². The summed E-state index contributed by atoms with van der Waals surface area (Å²) in [6, 6.07) is 7.46. The summed E-state index contributed by atoms with van der Waals surface area (Å²) in [5.74, 6) is -2.64. The molecule has 0 saturated heterocycles. The highest BCUT2D eigenvalue weighted by atomic mass is 19.3.